The summed E-state index contributed by atoms with van der Waals surface area (Å²) in [6.07, 6.45) is 1.37. The second-order valence-electron chi connectivity index (χ2n) is 4.03. The van der Waals surface area contributed by atoms with Crippen LogP contribution < -0.4 is 11.5 Å². The predicted octanol–water partition coefficient (Wildman–Crippen LogP) is 6.13. The highest BCUT2D eigenvalue weighted by Gasteiger charge is 2.30. The first-order chi connectivity index (χ1) is 4.83. The van der Waals surface area contributed by atoms with E-state index >= 15 is 0 Å². The molecule has 0 saturated heterocycles. The standard InChI is InChI=1S/C6H20N2OSi2.9CH4/c1-10(2,5-7)9-11(3,4)6-8;;;;;;;;;/h5-8H2,1-4H3;9*1H4. The van der Waals surface area contributed by atoms with E-state index < -0.39 is 16.6 Å². The smallest absolute Gasteiger partial charge is 0.187 e. The molecule has 4 N–H and O–H groups in total. The Morgan fingerprint density at radius 3 is 0.800 bits per heavy atom. The van der Waals surface area contributed by atoms with Crippen LogP contribution in [0.2, 0.25) is 26.2 Å². The molecule has 0 aromatic heterocycles. The lowest BCUT2D eigenvalue weighted by Crippen LogP contribution is -2.53. The van der Waals surface area contributed by atoms with Gasteiger partial charge in [-0.05, 0) is 26.2 Å². The lowest BCUT2D eigenvalue weighted by molar-refractivity contribution is 0.541. The largest absolute Gasteiger partial charge is 0.454 e. The Hall–Kier alpha value is 0.314. The molecule has 0 aliphatic carbocycles. The Morgan fingerprint density at radius 2 is 0.700 bits per heavy atom. The summed E-state index contributed by atoms with van der Waals surface area (Å²) < 4.78 is 5.95. The van der Waals surface area contributed by atoms with E-state index in [0.717, 1.165) is 0 Å². The minimum absolute atomic E-state index is 0. The van der Waals surface area contributed by atoms with Crippen LogP contribution in [-0.4, -0.2) is 29.0 Å². The van der Waals surface area contributed by atoms with Crippen molar-refractivity contribution in [3.8, 4) is 0 Å². The van der Waals surface area contributed by atoms with Crippen LogP contribution in [0.3, 0.4) is 0 Å². The quantitative estimate of drug-likeness (QED) is 0.606. The molecule has 0 heterocycles. The molecule has 20 heavy (non-hydrogen) atoms. The maximum atomic E-state index is 5.95. The van der Waals surface area contributed by atoms with Crippen LogP contribution in [0.25, 0.3) is 0 Å². The summed E-state index contributed by atoms with van der Waals surface area (Å²) in [6.45, 7) is 8.55. The van der Waals surface area contributed by atoms with Gasteiger partial charge in [0.1, 0.15) is 0 Å². The van der Waals surface area contributed by atoms with E-state index in [0.29, 0.717) is 12.3 Å². The average Bonchev–Trinajstić information content (AvgIpc) is 1.86. The van der Waals surface area contributed by atoms with Crippen molar-refractivity contribution in [2.75, 3.05) is 12.3 Å². The van der Waals surface area contributed by atoms with Crippen molar-refractivity contribution in [3.63, 3.8) is 0 Å². The van der Waals surface area contributed by atoms with Crippen LogP contribution >= 0.6 is 0 Å². The van der Waals surface area contributed by atoms with Crippen molar-refractivity contribution >= 4 is 16.6 Å². The van der Waals surface area contributed by atoms with Crippen molar-refractivity contribution in [1.29, 1.82) is 0 Å². The molecular formula is C15H56N2OSi2. The van der Waals surface area contributed by atoms with Gasteiger partial charge in [-0.25, -0.2) is 0 Å². The summed E-state index contributed by atoms with van der Waals surface area (Å²) >= 11 is 0. The fourth-order valence-electron chi connectivity index (χ4n) is 0.831. The van der Waals surface area contributed by atoms with Crippen molar-refractivity contribution in [1.82, 2.24) is 0 Å². The molecule has 0 amide bonds. The summed E-state index contributed by atoms with van der Waals surface area (Å²) in [5.74, 6) is 0. The fourth-order valence-corrected chi connectivity index (χ4v) is 7.48. The van der Waals surface area contributed by atoms with Crippen LogP contribution in [0.5, 0.6) is 0 Å². The van der Waals surface area contributed by atoms with E-state index in [1.54, 1.807) is 0 Å². The molecule has 0 aliphatic rings. The number of hydrogen-bond acceptors (Lipinski definition) is 3. The van der Waals surface area contributed by atoms with Gasteiger partial charge in [-0.2, -0.15) is 0 Å². The van der Waals surface area contributed by atoms with E-state index in [4.69, 9.17) is 15.6 Å². The lowest BCUT2D eigenvalue weighted by atomic mass is 11.5. The normalized spacial score (nSPS) is 7.50. The maximum Gasteiger partial charge on any atom is 0.187 e. The van der Waals surface area contributed by atoms with E-state index in [1.807, 2.05) is 0 Å². The number of rotatable bonds is 4. The zero-order chi connectivity index (χ0) is 9.12. The second-order valence-corrected chi connectivity index (χ2v) is 12.7. The molecule has 3 nitrogen and oxygen atoms in total. The van der Waals surface area contributed by atoms with Crippen molar-refractivity contribution in [2.24, 2.45) is 11.5 Å². The summed E-state index contributed by atoms with van der Waals surface area (Å²) in [6, 6.07) is 0. The highest BCUT2D eigenvalue weighted by atomic mass is 28.4. The molecule has 0 aromatic rings. The first-order valence-electron chi connectivity index (χ1n) is 3.93. The Balaban J connectivity index is -0.0000000139. The monoisotopic (exact) mass is 336 g/mol. The van der Waals surface area contributed by atoms with Gasteiger partial charge in [0.2, 0.25) is 0 Å². The molecule has 0 unspecified atom stereocenters. The van der Waals surface area contributed by atoms with E-state index in [1.165, 1.54) is 0 Å². The van der Waals surface area contributed by atoms with Crippen LogP contribution in [0, 0.1) is 0 Å². The zero-order valence-electron chi connectivity index (χ0n) is 7.98. The van der Waals surface area contributed by atoms with Gasteiger partial charge in [0, 0.05) is 12.3 Å². The van der Waals surface area contributed by atoms with Gasteiger partial charge in [-0.3, -0.25) is 0 Å². The third-order valence-corrected chi connectivity index (χ3v) is 7.92. The van der Waals surface area contributed by atoms with Crippen molar-refractivity contribution in [2.45, 2.75) is 93.0 Å². The number of hydrogen-bond donors (Lipinski definition) is 2. The molecule has 0 aromatic carbocycles. The highest BCUT2D eigenvalue weighted by molar-refractivity contribution is 6.85. The average molecular weight is 337 g/mol. The minimum Gasteiger partial charge on any atom is -0.454 e. The van der Waals surface area contributed by atoms with Gasteiger partial charge in [0.15, 0.2) is 16.6 Å². The van der Waals surface area contributed by atoms with Crippen LogP contribution in [0.15, 0.2) is 0 Å². The molecule has 0 rings (SSSR count). The molecule has 0 saturated carbocycles. The Morgan fingerprint density at radius 1 is 0.550 bits per heavy atom. The molecule has 0 atom stereocenters. The molecule has 0 radical (unpaired) electrons. The first-order valence-corrected chi connectivity index (χ1v) is 10.2. The van der Waals surface area contributed by atoms with E-state index in [-0.39, 0.29) is 66.8 Å². The zero-order valence-corrected chi connectivity index (χ0v) is 9.98. The number of nitrogens with two attached hydrogens (primary N) is 2. The summed E-state index contributed by atoms with van der Waals surface area (Å²) in [7, 11) is -3.15. The van der Waals surface area contributed by atoms with Crippen LogP contribution in [-0.2, 0) is 4.12 Å². The van der Waals surface area contributed by atoms with Crippen LogP contribution in [0.1, 0.15) is 66.8 Å². The van der Waals surface area contributed by atoms with Gasteiger partial charge >= 0.3 is 0 Å². The van der Waals surface area contributed by atoms with Gasteiger partial charge < -0.3 is 15.6 Å². The minimum atomic E-state index is -1.57. The third-order valence-electron chi connectivity index (χ3n) is 1.54. The van der Waals surface area contributed by atoms with Gasteiger partial charge in [-0.1, -0.05) is 66.8 Å². The molecular weight excluding hydrogens is 280 g/mol. The van der Waals surface area contributed by atoms with Crippen molar-refractivity contribution < 1.29 is 4.12 Å². The summed E-state index contributed by atoms with van der Waals surface area (Å²) in [5.41, 5.74) is 11.2. The molecule has 0 spiro atoms. The molecule has 0 bridgehead atoms. The first kappa shape index (κ1) is 71.2. The predicted molar refractivity (Wildman–Crippen MR) is 115 cm³/mol. The Labute approximate surface area is 138 Å². The fraction of sp³-hybridized carbons (Fsp3) is 1.00. The third kappa shape index (κ3) is 36.2. The topological polar surface area (TPSA) is 61.3 Å². The van der Waals surface area contributed by atoms with Gasteiger partial charge in [0.05, 0.1) is 0 Å². The maximum absolute atomic E-state index is 5.95. The highest BCUT2D eigenvalue weighted by Crippen LogP contribution is 2.11. The molecule has 0 aliphatic heterocycles. The van der Waals surface area contributed by atoms with E-state index in [9.17, 15) is 0 Å². The summed E-state index contributed by atoms with van der Waals surface area (Å²) in [5, 5.41) is 0. The lowest BCUT2D eigenvalue weighted by Gasteiger charge is -2.31. The van der Waals surface area contributed by atoms with Gasteiger partial charge in [0.25, 0.3) is 0 Å². The molecule has 140 valence electrons. The SMILES string of the molecule is C.C.C.C.C.C.C.C.C.C[Si](C)(CN)O[Si](C)(C)CN. The Bertz CT molecular complexity index is 119. The summed E-state index contributed by atoms with van der Waals surface area (Å²) in [4.78, 5) is 0. The molecule has 5 heteroatoms. The van der Waals surface area contributed by atoms with Crippen molar-refractivity contribution in [3.05, 3.63) is 0 Å². The second kappa shape index (κ2) is 27.6. The molecule has 0 fully saturated rings. The van der Waals surface area contributed by atoms with Gasteiger partial charge in [-0.15, -0.1) is 0 Å². The Kier molecular flexibility index (Phi) is 98.4. The van der Waals surface area contributed by atoms with Crippen LogP contribution in [0.4, 0.5) is 0 Å². The van der Waals surface area contributed by atoms with E-state index in [2.05, 4.69) is 26.2 Å².